The second-order valence-electron chi connectivity index (χ2n) is 6.77. The number of carbonyl (C=O) groups is 3. The highest BCUT2D eigenvalue weighted by Crippen LogP contribution is 2.32. The molecule has 0 aromatic heterocycles. The first-order valence-electron chi connectivity index (χ1n) is 9.12. The van der Waals surface area contributed by atoms with E-state index in [1.165, 1.54) is 6.92 Å². The fraction of sp³-hybridized carbons (Fsp3) is 0.550. The topological polar surface area (TPSA) is 99.1 Å². The van der Waals surface area contributed by atoms with E-state index in [2.05, 4.69) is 0 Å². The van der Waals surface area contributed by atoms with Gasteiger partial charge in [-0.3, -0.25) is 4.79 Å². The Hall–Kier alpha value is -2.25. The zero-order valence-corrected chi connectivity index (χ0v) is 15.8. The maximum atomic E-state index is 12.4. The molecule has 1 aromatic carbocycles. The molecule has 0 saturated carbocycles. The van der Waals surface area contributed by atoms with E-state index in [1.807, 2.05) is 13.8 Å². The van der Waals surface area contributed by atoms with Crippen molar-refractivity contribution < 1.29 is 33.7 Å². The van der Waals surface area contributed by atoms with Crippen LogP contribution in [0.3, 0.4) is 0 Å². The molecule has 27 heavy (non-hydrogen) atoms. The molecule has 0 amide bonds. The van der Waals surface area contributed by atoms with Gasteiger partial charge < -0.3 is 24.1 Å². The maximum Gasteiger partial charge on any atom is 0.338 e. The molecule has 1 heterocycles. The van der Waals surface area contributed by atoms with E-state index in [9.17, 15) is 19.5 Å². The van der Waals surface area contributed by atoms with Gasteiger partial charge in [-0.25, -0.2) is 4.79 Å². The molecule has 0 radical (unpaired) electrons. The van der Waals surface area contributed by atoms with E-state index < -0.39 is 36.5 Å². The van der Waals surface area contributed by atoms with Crippen molar-refractivity contribution in [3.8, 4) is 0 Å². The molecule has 7 nitrogen and oxygen atoms in total. The van der Waals surface area contributed by atoms with Gasteiger partial charge in [0, 0.05) is 6.42 Å². The number of aliphatic hydroxyl groups excluding tert-OH is 1. The predicted octanol–water partition coefficient (Wildman–Crippen LogP) is 2.26. The molecule has 0 aliphatic carbocycles. The van der Waals surface area contributed by atoms with Crippen molar-refractivity contribution in [1.82, 2.24) is 0 Å². The van der Waals surface area contributed by atoms with Gasteiger partial charge in [0.2, 0.25) is 0 Å². The van der Waals surface area contributed by atoms with Gasteiger partial charge >= 0.3 is 11.9 Å². The van der Waals surface area contributed by atoms with Gasteiger partial charge in [-0.2, -0.15) is 0 Å². The Morgan fingerprint density at radius 1 is 1.11 bits per heavy atom. The SMILES string of the molecule is CC[C@@H](C)C1OC(O)C(OC(=O)c2ccccc2)C1OC(=O)CCC(C)=O. The highest BCUT2D eigenvalue weighted by atomic mass is 16.7. The van der Waals surface area contributed by atoms with Crippen LogP contribution in [0.2, 0.25) is 0 Å². The van der Waals surface area contributed by atoms with Crippen LogP contribution >= 0.6 is 0 Å². The summed E-state index contributed by atoms with van der Waals surface area (Å²) in [7, 11) is 0. The Morgan fingerprint density at radius 3 is 2.37 bits per heavy atom. The summed E-state index contributed by atoms with van der Waals surface area (Å²) in [5, 5.41) is 10.3. The average molecular weight is 378 g/mol. The van der Waals surface area contributed by atoms with Crippen LogP contribution in [0, 0.1) is 5.92 Å². The van der Waals surface area contributed by atoms with Crippen LogP contribution in [0.5, 0.6) is 0 Å². The molecular weight excluding hydrogens is 352 g/mol. The number of hydrogen-bond donors (Lipinski definition) is 1. The van der Waals surface area contributed by atoms with Crippen LogP contribution in [-0.2, 0) is 23.8 Å². The number of rotatable bonds is 8. The summed E-state index contributed by atoms with van der Waals surface area (Å²) in [6.45, 7) is 5.23. The molecule has 148 valence electrons. The normalized spacial score (nSPS) is 25.6. The van der Waals surface area contributed by atoms with Crippen molar-refractivity contribution in [3.05, 3.63) is 35.9 Å². The van der Waals surface area contributed by atoms with Crippen molar-refractivity contribution in [2.45, 2.75) is 64.6 Å². The lowest BCUT2D eigenvalue weighted by Crippen LogP contribution is -2.42. The minimum atomic E-state index is -1.40. The summed E-state index contributed by atoms with van der Waals surface area (Å²) in [6, 6.07) is 8.33. The Kier molecular flexibility index (Phi) is 7.50. The lowest BCUT2D eigenvalue weighted by molar-refractivity contribution is -0.158. The van der Waals surface area contributed by atoms with Crippen LogP contribution in [0.15, 0.2) is 30.3 Å². The van der Waals surface area contributed by atoms with Gasteiger partial charge in [0.1, 0.15) is 11.9 Å². The van der Waals surface area contributed by atoms with E-state index in [0.29, 0.717) is 5.56 Å². The van der Waals surface area contributed by atoms with Crippen LogP contribution in [0.25, 0.3) is 0 Å². The first-order valence-corrected chi connectivity index (χ1v) is 9.12. The molecule has 2 rings (SSSR count). The smallest absolute Gasteiger partial charge is 0.338 e. The monoisotopic (exact) mass is 378 g/mol. The Morgan fingerprint density at radius 2 is 1.78 bits per heavy atom. The standard InChI is InChI=1S/C20H26O7/c1-4-12(2)16-17(25-15(22)11-10-13(3)21)18(20(24)26-16)27-19(23)14-8-6-5-7-9-14/h5-9,12,16-18,20,24H,4,10-11H2,1-3H3/t12-,16?,17?,18?,20?/m1/s1. The number of hydrogen-bond acceptors (Lipinski definition) is 7. The number of ketones is 1. The number of ether oxygens (including phenoxy) is 3. The van der Waals surface area contributed by atoms with Crippen LogP contribution < -0.4 is 0 Å². The van der Waals surface area contributed by atoms with Gasteiger partial charge in [-0.1, -0.05) is 38.5 Å². The molecule has 7 heteroatoms. The van der Waals surface area contributed by atoms with Crippen LogP contribution in [-0.4, -0.2) is 47.4 Å². The summed E-state index contributed by atoms with van der Waals surface area (Å²) < 4.78 is 16.4. The average Bonchev–Trinajstić information content (AvgIpc) is 2.95. The molecule has 5 atom stereocenters. The van der Waals surface area contributed by atoms with Crippen LogP contribution in [0.4, 0.5) is 0 Å². The molecule has 0 spiro atoms. The fourth-order valence-electron chi connectivity index (χ4n) is 2.87. The fourth-order valence-corrected chi connectivity index (χ4v) is 2.87. The molecule has 1 aromatic rings. The van der Waals surface area contributed by atoms with Gasteiger partial charge in [0.05, 0.1) is 12.0 Å². The molecule has 1 aliphatic heterocycles. The number of aliphatic hydroxyl groups is 1. The lowest BCUT2D eigenvalue weighted by Gasteiger charge is -2.26. The summed E-state index contributed by atoms with van der Waals surface area (Å²) >= 11 is 0. The first-order chi connectivity index (χ1) is 12.8. The molecule has 1 fully saturated rings. The van der Waals surface area contributed by atoms with E-state index in [-0.39, 0.29) is 24.5 Å². The molecule has 4 unspecified atom stereocenters. The zero-order valence-electron chi connectivity index (χ0n) is 15.8. The second-order valence-corrected chi connectivity index (χ2v) is 6.77. The van der Waals surface area contributed by atoms with Crippen molar-refractivity contribution >= 4 is 17.7 Å². The largest absolute Gasteiger partial charge is 0.455 e. The Balaban J connectivity index is 2.14. The van der Waals surface area contributed by atoms with E-state index in [4.69, 9.17) is 14.2 Å². The highest BCUT2D eigenvalue weighted by molar-refractivity contribution is 5.89. The number of esters is 2. The minimum Gasteiger partial charge on any atom is -0.455 e. The quantitative estimate of drug-likeness (QED) is 0.693. The van der Waals surface area contributed by atoms with Gasteiger partial charge in [0.15, 0.2) is 18.5 Å². The number of carbonyl (C=O) groups excluding carboxylic acids is 3. The predicted molar refractivity (Wildman–Crippen MR) is 95.8 cm³/mol. The summed E-state index contributed by atoms with van der Waals surface area (Å²) in [5.41, 5.74) is 0.318. The first kappa shape index (κ1) is 21.1. The minimum absolute atomic E-state index is 0.0364. The number of benzene rings is 1. The van der Waals surface area contributed by atoms with E-state index in [1.54, 1.807) is 30.3 Å². The summed E-state index contributed by atoms with van der Waals surface area (Å²) in [4.78, 5) is 35.6. The third kappa shape index (κ3) is 5.61. The Bertz CT molecular complexity index is 658. The molecule has 1 saturated heterocycles. The third-order valence-corrected chi connectivity index (χ3v) is 4.63. The van der Waals surface area contributed by atoms with Gasteiger partial charge in [-0.05, 0) is 25.0 Å². The molecule has 0 bridgehead atoms. The van der Waals surface area contributed by atoms with E-state index >= 15 is 0 Å². The van der Waals surface area contributed by atoms with Gasteiger partial charge in [-0.15, -0.1) is 0 Å². The number of Topliss-reactive ketones (excluding diaryl/α,β-unsaturated/α-hetero) is 1. The summed E-state index contributed by atoms with van der Waals surface area (Å²) in [6.07, 6.45) is -3.38. The highest BCUT2D eigenvalue weighted by Gasteiger charge is 2.50. The Labute approximate surface area is 158 Å². The van der Waals surface area contributed by atoms with Crippen LogP contribution in [0.1, 0.15) is 50.4 Å². The van der Waals surface area contributed by atoms with E-state index in [0.717, 1.165) is 6.42 Å². The second kappa shape index (κ2) is 9.62. The molecule has 1 N–H and O–H groups in total. The van der Waals surface area contributed by atoms with Crippen molar-refractivity contribution in [1.29, 1.82) is 0 Å². The third-order valence-electron chi connectivity index (χ3n) is 4.63. The zero-order chi connectivity index (χ0) is 20.0. The van der Waals surface area contributed by atoms with Crippen molar-refractivity contribution in [2.75, 3.05) is 0 Å². The van der Waals surface area contributed by atoms with Crippen molar-refractivity contribution in [3.63, 3.8) is 0 Å². The van der Waals surface area contributed by atoms with Gasteiger partial charge in [0.25, 0.3) is 0 Å². The molecular formula is C20H26O7. The van der Waals surface area contributed by atoms with Crippen molar-refractivity contribution in [2.24, 2.45) is 5.92 Å². The summed E-state index contributed by atoms with van der Waals surface area (Å²) in [5.74, 6) is -1.40. The molecule has 1 aliphatic rings. The lowest BCUT2D eigenvalue weighted by atomic mass is 9.96. The maximum absolute atomic E-state index is 12.4.